The van der Waals surface area contributed by atoms with E-state index in [4.69, 9.17) is 4.52 Å². The third-order valence-electron chi connectivity index (χ3n) is 4.09. The smallest absolute Gasteiger partial charge is 0.243 e. The van der Waals surface area contributed by atoms with E-state index in [-0.39, 0.29) is 4.90 Å². The van der Waals surface area contributed by atoms with Crippen LogP contribution in [0.2, 0.25) is 0 Å². The third kappa shape index (κ3) is 2.61. The molecule has 0 amide bonds. The lowest BCUT2D eigenvalue weighted by Gasteiger charge is -2.22. The summed E-state index contributed by atoms with van der Waals surface area (Å²) in [5.41, 5.74) is 0.535. The van der Waals surface area contributed by atoms with Gasteiger partial charge >= 0.3 is 0 Å². The maximum absolute atomic E-state index is 13.1. The molecule has 1 aromatic carbocycles. The van der Waals surface area contributed by atoms with Crippen LogP contribution in [0.4, 0.5) is 0 Å². The minimum atomic E-state index is -3.79. The van der Waals surface area contributed by atoms with Crippen LogP contribution in [0.1, 0.15) is 31.3 Å². The van der Waals surface area contributed by atoms with E-state index in [2.05, 4.69) is 14.9 Å². The first-order chi connectivity index (χ1) is 11.1. The predicted octanol–water partition coefficient (Wildman–Crippen LogP) is 2.39. The second kappa shape index (κ2) is 5.42. The molecule has 0 spiro atoms. The van der Waals surface area contributed by atoms with Gasteiger partial charge in [0.2, 0.25) is 15.9 Å². The van der Waals surface area contributed by atoms with Crippen molar-refractivity contribution in [2.24, 2.45) is 7.05 Å². The fourth-order valence-electron chi connectivity index (χ4n) is 2.81. The first-order valence-corrected chi connectivity index (χ1v) is 9.00. The topological polar surface area (TPSA) is 90.0 Å². The number of para-hydroxylation sites is 1. The van der Waals surface area contributed by atoms with Gasteiger partial charge in [-0.1, -0.05) is 23.4 Å². The number of aromatic nitrogens is 3. The van der Waals surface area contributed by atoms with E-state index in [1.807, 2.05) is 35.9 Å². The molecule has 0 aliphatic rings. The van der Waals surface area contributed by atoms with Crippen LogP contribution < -0.4 is 4.72 Å². The Morgan fingerprint density at radius 3 is 2.50 bits per heavy atom. The van der Waals surface area contributed by atoms with Crippen LogP contribution >= 0.6 is 0 Å². The summed E-state index contributed by atoms with van der Waals surface area (Å²) in [6, 6.07) is 7.42. The van der Waals surface area contributed by atoms with Crippen molar-refractivity contribution in [1.82, 2.24) is 19.4 Å². The summed E-state index contributed by atoms with van der Waals surface area (Å²) in [5, 5.41) is 4.52. The molecule has 0 radical (unpaired) electrons. The van der Waals surface area contributed by atoms with E-state index in [1.165, 1.54) is 0 Å². The lowest BCUT2D eigenvalue weighted by Crippen LogP contribution is -2.42. The van der Waals surface area contributed by atoms with Gasteiger partial charge in [0, 0.05) is 30.6 Å². The van der Waals surface area contributed by atoms with Crippen molar-refractivity contribution < 1.29 is 12.9 Å². The number of aryl methyl sites for hydroxylation is 2. The molecule has 0 fully saturated rings. The maximum Gasteiger partial charge on any atom is 0.243 e. The standard InChI is InChI=1S/C16H20N4O3S/c1-10-14(12-8-6-7-9-13(12)20(10)5)24(21,22)19-16(3,4)15-17-11(2)23-18-15/h6-9,19H,1-5H3. The molecule has 0 atom stereocenters. The highest BCUT2D eigenvalue weighted by molar-refractivity contribution is 7.89. The second-order valence-corrected chi connectivity index (χ2v) is 7.98. The largest absolute Gasteiger partial charge is 0.347 e. The number of nitrogens with zero attached hydrogens (tertiary/aromatic N) is 3. The Kier molecular flexibility index (Phi) is 3.76. The third-order valence-corrected chi connectivity index (χ3v) is 5.92. The first kappa shape index (κ1) is 16.7. The van der Waals surface area contributed by atoms with Crippen molar-refractivity contribution in [1.29, 1.82) is 0 Å². The molecule has 0 bridgehead atoms. The Labute approximate surface area is 140 Å². The maximum atomic E-state index is 13.1. The minimum absolute atomic E-state index is 0.272. The van der Waals surface area contributed by atoms with Gasteiger partial charge in [0.25, 0.3) is 0 Å². The van der Waals surface area contributed by atoms with Gasteiger partial charge in [0.1, 0.15) is 4.90 Å². The van der Waals surface area contributed by atoms with Crippen LogP contribution in [0.25, 0.3) is 10.9 Å². The number of hydrogen-bond donors (Lipinski definition) is 1. The van der Waals surface area contributed by atoms with Crippen molar-refractivity contribution >= 4 is 20.9 Å². The fourth-order valence-corrected chi connectivity index (χ4v) is 4.66. The number of nitrogens with one attached hydrogen (secondary N) is 1. The number of sulfonamides is 1. The Bertz CT molecular complexity index is 1020. The predicted molar refractivity (Wildman–Crippen MR) is 90.0 cm³/mol. The number of rotatable bonds is 4. The monoisotopic (exact) mass is 348 g/mol. The van der Waals surface area contributed by atoms with Gasteiger partial charge in [-0.3, -0.25) is 0 Å². The Balaban J connectivity index is 2.11. The molecule has 7 nitrogen and oxygen atoms in total. The summed E-state index contributed by atoms with van der Waals surface area (Å²) in [4.78, 5) is 4.41. The van der Waals surface area contributed by atoms with E-state index < -0.39 is 15.6 Å². The molecule has 24 heavy (non-hydrogen) atoms. The Morgan fingerprint density at radius 1 is 1.21 bits per heavy atom. The molecule has 2 aromatic heterocycles. The zero-order chi connectivity index (χ0) is 17.7. The highest BCUT2D eigenvalue weighted by Crippen LogP contribution is 2.30. The highest BCUT2D eigenvalue weighted by Gasteiger charge is 2.34. The summed E-state index contributed by atoms with van der Waals surface area (Å²) in [6.45, 7) is 6.86. The number of benzene rings is 1. The molecule has 2 heterocycles. The lowest BCUT2D eigenvalue weighted by atomic mass is 10.1. The molecule has 3 aromatic rings. The lowest BCUT2D eigenvalue weighted by molar-refractivity contribution is 0.363. The van der Waals surface area contributed by atoms with E-state index in [1.54, 1.807) is 27.7 Å². The van der Waals surface area contributed by atoms with Crippen LogP contribution in [-0.4, -0.2) is 23.1 Å². The van der Waals surface area contributed by atoms with Gasteiger partial charge in [-0.2, -0.15) is 9.71 Å². The van der Waals surface area contributed by atoms with Gasteiger partial charge in [-0.15, -0.1) is 0 Å². The zero-order valence-electron chi connectivity index (χ0n) is 14.3. The Morgan fingerprint density at radius 2 is 1.88 bits per heavy atom. The van der Waals surface area contributed by atoms with E-state index in [0.29, 0.717) is 22.8 Å². The van der Waals surface area contributed by atoms with Gasteiger partial charge in [-0.25, -0.2) is 8.42 Å². The average molecular weight is 348 g/mol. The van der Waals surface area contributed by atoms with Crippen LogP contribution in [-0.2, 0) is 22.6 Å². The van der Waals surface area contributed by atoms with Crippen molar-refractivity contribution in [3.63, 3.8) is 0 Å². The number of fused-ring (bicyclic) bond motifs is 1. The SMILES string of the molecule is Cc1nc(C(C)(C)NS(=O)(=O)c2c(C)n(C)c3ccccc23)no1. The molecule has 3 rings (SSSR count). The van der Waals surface area contributed by atoms with E-state index in [0.717, 1.165) is 5.52 Å². The molecule has 0 saturated carbocycles. The normalized spacial score (nSPS) is 12.9. The summed E-state index contributed by atoms with van der Waals surface area (Å²) in [6.07, 6.45) is 0. The summed E-state index contributed by atoms with van der Waals surface area (Å²) < 4.78 is 35.7. The van der Waals surface area contributed by atoms with Crippen molar-refractivity contribution in [2.75, 3.05) is 0 Å². The quantitative estimate of drug-likeness (QED) is 0.782. The molecule has 0 saturated heterocycles. The molecule has 0 unspecified atom stereocenters. The van der Waals surface area contributed by atoms with Gasteiger partial charge in [0.05, 0.1) is 5.54 Å². The van der Waals surface area contributed by atoms with Crippen LogP contribution in [0.5, 0.6) is 0 Å². The second-order valence-electron chi connectivity index (χ2n) is 6.36. The summed E-state index contributed by atoms with van der Waals surface area (Å²) in [7, 11) is -1.93. The molecule has 0 aliphatic carbocycles. The fraction of sp³-hybridized carbons (Fsp3) is 0.375. The van der Waals surface area contributed by atoms with Crippen LogP contribution in [0.3, 0.4) is 0 Å². The molecule has 128 valence electrons. The summed E-state index contributed by atoms with van der Waals surface area (Å²) in [5.74, 6) is 0.681. The van der Waals surface area contributed by atoms with Crippen molar-refractivity contribution in [3.05, 3.63) is 41.7 Å². The molecule has 0 aliphatic heterocycles. The Hall–Kier alpha value is -2.19. The van der Waals surface area contributed by atoms with Crippen molar-refractivity contribution in [3.8, 4) is 0 Å². The molecule has 1 N–H and O–H groups in total. The minimum Gasteiger partial charge on any atom is -0.347 e. The summed E-state index contributed by atoms with van der Waals surface area (Å²) >= 11 is 0. The number of hydrogen-bond acceptors (Lipinski definition) is 5. The van der Waals surface area contributed by atoms with E-state index >= 15 is 0 Å². The van der Waals surface area contributed by atoms with Gasteiger partial charge in [0.15, 0.2) is 5.82 Å². The van der Waals surface area contributed by atoms with Gasteiger partial charge in [-0.05, 0) is 26.8 Å². The van der Waals surface area contributed by atoms with Crippen LogP contribution in [0.15, 0.2) is 33.7 Å². The molecular formula is C16H20N4O3S. The first-order valence-electron chi connectivity index (χ1n) is 7.52. The van der Waals surface area contributed by atoms with E-state index in [9.17, 15) is 8.42 Å². The average Bonchev–Trinajstić information content (AvgIpc) is 3.02. The van der Waals surface area contributed by atoms with Crippen LogP contribution in [0, 0.1) is 13.8 Å². The molecular weight excluding hydrogens is 328 g/mol. The highest BCUT2D eigenvalue weighted by atomic mass is 32.2. The van der Waals surface area contributed by atoms with Crippen molar-refractivity contribution in [2.45, 2.75) is 38.1 Å². The zero-order valence-corrected chi connectivity index (χ0v) is 15.1. The van der Waals surface area contributed by atoms with Gasteiger partial charge < -0.3 is 9.09 Å². The molecule has 8 heteroatoms.